The summed E-state index contributed by atoms with van der Waals surface area (Å²) in [5.41, 5.74) is 0.507. The van der Waals surface area contributed by atoms with E-state index in [-0.39, 0.29) is 5.75 Å². The summed E-state index contributed by atoms with van der Waals surface area (Å²) in [5.74, 6) is 0.0845. The molecule has 0 saturated carbocycles. The van der Waals surface area contributed by atoms with Crippen LogP contribution in [0.4, 0.5) is 0 Å². The zero-order valence-electron chi connectivity index (χ0n) is 7.88. The molecule has 0 aliphatic heterocycles. The van der Waals surface area contributed by atoms with Crippen LogP contribution in [0.2, 0.25) is 5.02 Å². The van der Waals surface area contributed by atoms with Crippen molar-refractivity contribution in [2.75, 3.05) is 0 Å². The fourth-order valence-electron chi connectivity index (χ4n) is 1.07. The molecule has 2 aromatic rings. The highest BCUT2D eigenvalue weighted by atomic mass is 79.9. The quantitative estimate of drug-likeness (QED) is 0.866. The lowest BCUT2D eigenvalue weighted by Crippen LogP contribution is -1.89. The van der Waals surface area contributed by atoms with Crippen molar-refractivity contribution < 1.29 is 5.11 Å². The number of nitrogens with zero attached hydrogens (tertiary/aromatic N) is 4. The summed E-state index contributed by atoms with van der Waals surface area (Å²) in [6.07, 6.45) is 4.34. The van der Waals surface area contributed by atoms with Crippen molar-refractivity contribution in [2.24, 2.45) is 5.10 Å². The van der Waals surface area contributed by atoms with Crippen LogP contribution in [-0.4, -0.2) is 26.2 Å². The molecule has 7 heteroatoms. The number of phenols is 1. The molecule has 0 amide bonds. The van der Waals surface area contributed by atoms with E-state index < -0.39 is 0 Å². The highest BCUT2D eigenvalue weighted by molar-refractivity contribution is 9.10. The third-order valence-corrected chi connectivity index (χ3v) is 2.62. The largest absolute Gasteiger partial charge is 0.506 e. The fourth-order valence-corrected chi connectivity index (χ4v) is 1.90. The summed E-state index contributed by atoms with van der Waals surface area (Å²) in [5, 5.41) is 21.4. The van der Waals surface area contributed by atoms with Gasteiger partial charge in [0.2, 0.25) is 0 Å². The second-order valence-electron chi connectivity index (χ2n) is 2.91. The highest BCUT2D eigenvalue weighted by Crippen LogP contribution is 2.30. The topological polar surface area (TPSA) is 63.3 Å². The Morgan fingerprint density at radius 2 is 2.06 bits per heavy atom. The molecule has 0 aliphatic carbocycles. The monoisotopic (exact) mass is 300 g/mol. The van der Waals surface area contributed by atoms with Crippen LogP contribution in [0.5, 0.6) is 5.75 Å². The Balaban J connectivity index is 2.34. The van der Waals surface area contributed by atoms with Crippen LogP contribution >= 0.6 is 27.5 Å². The molecular weight excluding hydrogens is 295 g/mol. The molecule has 1 aromatic carbocycles. The fraction of sp³-hybridized carbons (Fsp3) is 0. The minimum atomic E-state index is 0.0845. The molecule has 2 rings (SSSR count). The smallest absolute Gasteiger partial charge is 0.141 e. The molecule has 0 atom stereocenters. The third kappa shape index (κ3) is 2.40. The Labute approximate surface area is 105 Å². The predicted molar refractivity (Wildman–Crippen MR) is 63.8 cm³/mol. The van der Waals surface area contributed by atoms with Gasteiger partial charge in [0.05, 0.1) is 10.7 Å². The van der Waals surface area contributed by atoms with Crippen LogP contribution in [0.3, 0.4) is 0 Å². The maximum Gasteiger partial charge on any atom is 0.141 e. The Morgan fingerprint density at radius 1 is 1.38 bits per heavy atom. The zero-order valence-corrected chi connectivity index (χ0v) is 10.2. The number of rotatable bonds is 2. The summed E-state index contributed by atoms with van der Waals surface area (Å²) in [6, 6.07) is 3.21. The second kappa shape index (κ2) is 4.63. The molecule has 0 bridgehead atoms. The van der Waals surface area contributed by atoms with Gasteiger partial charge in [0.15, 0.2) is 0 Å². The molecule has 82 valence electrons. The van der Waals surface area contributed by atoms with Crippen LogP contribution in [0.25, 0.3) is 0 Å². The van der Waals surface area contributed by atoms with Crippen molar-refractivity contribution >= 4 is 33.7 Å². The van der Waals surface area contributed by atoms with Crippen molar-refractivity contribution in [1.82, 2.24) is 14.9 Å². The van der Waals surface area contributed by atoms with Gasteiger partial charge in [-0.25, -0.2) is 4.68 Å². The molecule has 5 nitrogen and oxygen atoms in total. The second-order valence-corrected chi connectivity index (χ2v) is 4.20. The molecule has 0 aliphatic rings. The van der Waals surface area contributed by atoms with Gasteiger partial charge in [-0.05, 0) is 28.1 Å². The van der Waals surface area contributed by atoms with Crippen molar-refractivity contribution in [2.45, 2.75) is 0 Å². The maximum absolute atomic E-state index is 9.71. The molecule has 0 saturated heterocycles. The van der Waals surface area contributed by atoms with Gasteiger partial charge in [-0.1, -0.05) is 11.6 Å². The van der Waals surface area contributed by atoms with Gasteiger partial charge < -0.3 is 5.11 Å². The Hall–Kier alpha value is -1.40. The van der Waals surface area contributed by atoms with E-state index in [4.69, 9.17) is 11.6 Å². The average molecular weight is 302 g/mol. The summed E-state index contributed by atoms with van der Waals surface area (Å²) in [7, 11) is 0. The number of benzene rings is 1. The first-order chi connectivity index (χ1) is 7.66. The Morgan fingerprint density at radius 3 is 2.75 bits per heavy atom. The molecule has 16 heavy (non-hydrogen) atoms. The molecular formula is C9H6BrClN4O. The van der Waals surface area contributed by atoms with Crippen molar-refractivity contribution in [3.63, 3.8) is 0 Å². The standard InChI is InChI=1S/C9H6BrClN4O/c10-8-2-7(11)1-6(9(8)16)3-14-15-4-12-13-5-15/h1-5,16H/b14-3-. The van der Waals surface area contributed by atoms with Gasteiger partial charge in [-0.3, -0.25) is 0 Å². The van der Waals surface area contributed by atoms with Gasteiger partial charge >= 0.3 is 0 Å². The average Bonchev–Trinajstić information content (AvgIpc) is 2.74. The third-order valence-electron chi connectivity index (χ3n) is 1.79. The molecule has 0 unspecified atom stereocenters. The van der Waals surface area contributed by atoms with Gasteiger partial charge in [0, 0.05) is 10.6 Å². The van der Waals surface area contributed by atoms with E-state index in [9.17, 15) is 5.11 Å². The summed E-state index contributed by atoms with van der Waals surface area (Å²) < 4.78 is 1.93. The Kier molecular flexibility index (Phi) is 3.21. The first kappa shape index (κ1) is 11.1. The molecule has 0 radical (unpaired) electrons. The number of hydrogen-bond donors (Lipinski definition) is 1. The van der Waals surface area contributed by atoms with Gasteiger partial charge in [-0.15, -0.1) is 10.2 Å². The molecule has 0 fully saturated rings. The molecule has 1 aromatic heterocycles. The van der Waals surface area contributed by atoms with Crippen LogP contribution in [0.1, 0.15) is 5.56 Å². The zero-order chi connectivity index (χ0) is 11.5. The molecule has 1 heterocycles. The summed E-state index contributed by atoms with van der Waals surface area (Å²) >= 11 is 9.04. The number of aromatic hydroxyl groups is 1. The lowest BCUT2D eigenvalue weighted by Gasteiger charge is -2.02. The summed E-state index contributed by atoms with van der Waals surface area (Å²) in [6.45, 7) is 0. The molecule has 1 N–H and O–H groups in total. The minimum absolute atomic E-state index is 0.0845. The van der Waals surface area contributed by atoms with Crippen LogP contribution in [0, 0.1) is 0 Å². The van der Waals surface area contributed by atoms with E-state index in [1.54, 1.807) is 12.1 Å². The van der Waals surface area contributed by atoms with Crippen LogP contribution in [-0.2, 0) is 0 Å². The van der Waals surface area contributed by atoms with E-state index in [1.807, 2.05) is 0 Å². The minimum Gasteiger partial charge on any atom is -0.506 e. The number of halogens is 2. The van der Waals surface area contributed by atoms with Crippen molar-refractivity contribution in [1.29, 1.82) is 0 Å². The van der Waals surface area contributed by atoms with Crippen molar-refractivity contribution in [3.8, 4) is 5.75 Å². The maximum atomic E-state index is 9.71. The van der Waals surface area contributed by atoms with Gasteiger partial charge in [0.1, 0.15) is 18.4 Å². The number of phenolic OH excluding ortho intramolecular Hbond substituents is 1. The van der Waals surface area contributed by atoms with Crippen LogP contribution < -0.4 is 0 Å². The Bertz CT molecular complexity index is 527. The van der Waals surface area contributed by atoms with E-state index in [0.717, 1.165) is 0 Å². The van der Waals surface area contributed by atoms with E-state index in [1.165, 1.54) is 23.5 Å². The lowest BCUT2D eigenvalue weighted by atomic mass is 10.2. The van der Waals surface area contributed by atoms with Crippen molar-refractivity contribution in [3.05, 3.63) is 39.8 Å². The van der Waals surface area contributed by atoms with Gasteiger partial charge in [0.25, 0.3) is 0 Å². The normalized spacial score (nSPS) is 11.1. The van der Waals surface area contributed by atoms with E-state index in [2.05, 4.69) is 31.2 Å². The van der Waals surface area contributed by atoms with Crippen LogP contribution in [0.15, 0.2) is 34.4 Å². The van der Waals surface area contributed by atoms with E-state index >= 15 is 0 Å². The first-order valence-electron chi connectivity index (χ1n) is 4.24. The predicted octanol–water partition coefficient (Wildman–Crippen LogP) is 2.28. The summed E-state index contributed by atoms with van der Waals surface area (Å²) in [4.78, 5) is 0. The van der Waals surface area contributed by atoms with E-state index in [0.29, 0.717) is 15.1 Å². The SMILES string of the molecule is Oc1c(Br)cc(Cl)cc1/C=N\n1cnnc1. The lowest BCUT2D eigenvalue weighted by molar-refractivity contribution is 0.471. The first-order valence-corrected chi connectivity index (χ1v) is 5.41. The molecule has 0 spiro atoms. The number of hydrogen-bond acceptors (Lipinski definition) is 4. The highest BCUT2D eigenvalue weighted by Gasteiger charge is 2.05. The number of aromatic nitrogens is 3. The van der Waals surface area contributed by atoms with Gasteiger partial charge in [-0.2, -0.15) is 5.10 Å².